The zero-order chi connectivity index (χ0) is 12.7. The Bertz CT molecular complexity index is 421. The van der Waals surface area contributed by atoms with Gasteiger partial charge >= 0.3 is 0 Å². The minimum Gasteiger partial charge on any atom is -0.493 e. The highest BCUT2D eigenvalue weighted by molar-refractivity contribution is 7.80. The molecule has 6 heteroatoms. The Morgan fingerprint density at radius 2 is 2.29 bits per heavy atom. The van der Waals surface area contributed by atoms with E-state index in [-0.39, 0.29) is 5.11 Å². The van der Waals surface area contributed by atoms with Crippen molar-refractivity contribution in [2.24, 2.45) is 10.8 Å². The Kier molecular flexibility index (Phi) is 5.22. The third kappa shape index (κ3) is 4.28. The number of thiocarbonyl (C=S) groups is 1. The van der Waals surface area contributed by atoms with E-state index < -0.39 is 0 Å². The van der Waals surface area contributed by atoms with Crippen LogP contribution in [0.15, 0.2) is 23.3 Å². The number of hydrogen-bond donors (Lipinski definition) is 2. The average molecular weight is 253 g/mol. The van der Waals surface area contributed by atoms with E-state index in [0.717, 1.165) is 5.56 Å². The summed E-state index contributed by atoms with van der Waals surface area (Å²) in [5.41, 5.74) is 8.58. The van der Waals surface area contributed by atoms with Gasteiger partial charge in [0.15, 0.2) is 16.6 Å². The molecule has 0 spiro atoms. The van der Waals surface area contributed by atoms with E-state index in [1.807, 2.05) is 25.1 Å². The molecule has 0 heterocycles. The number of hydrazone groups is 1. The molecule has 0 atom stereocenters. The molecule has 17 heavy (non-hydrogen) atoms. The summed E-state index contributed by atoms with van der Waals surface area (Å²) in [6, 6.07) is 5.49. The zero-order valence-corrected chi connectivity index (χ0v) is 10.6. The molecular weight excluding hydrogens is 238 g/mol. The summed E-state index contributed by atoms with van der Waals surface area (Å²) in [5.74, 6) is 1.36. The van der Waals surface area contributed by atoms with Gasteiger partial charge in [0.2, 0.25) is 0 Å². The van der Waals surface area contributed by atoms with Crippen molar-refractivity contribution in [1.29, 1.82) is 0 Å². The van der Waals surface area contributed by atoms with Gasteiger partial charge in [-0.2, -0.15) is 5.10 Å². The number of hydrogen-bond acceptors (Lipinski definition) is 4. The normalized spacial score (nSPS) is 10.2. The van der Waals surface area contributed by atoms with Crippen molar-refractivity contribution in [2.75, 3.05) is 13.7 Å². The van der Waals surface area contributed by atoms with Crippen molar-refractivity contribution < 1.29 is 9.47 Å². The maximum atomic E-state index is 5.44. The largest absolute Gasteiger partial charge is 0.493 e. The second-order valence-corrected chi connectivity index (χ2v) is 3.52. The molecule has 1 aromatic rings. The molecule has 0 unspecified atom stereocenters. The average Bonchev–Trinajstić information content (AvgIpc) is 2.29. The van der Waals surface area contributed by atoms with Gasteiger partial charge in [0.05, 0.1) is 19.9 Å². The van der Waals surface area contributed by atoms with Gasteiger partial charge in [-0.3, -0.25) is 5.43 Å². The predicted octanol–water partition coefficient (Wildman–Crippen LogP) is 1.26. The first kappa shape index (κ1) is 13.2. The number of methoxy groups -OCH3 is 1. The molecule has 0 aliphatic carbocycles. The lowest BCUT2D eigenvalue weighted by atomic mass is 10.2. The quantitative estimate of drug-likeness (QED) is 0.470. The lowest BCUT2D eigenvalue weighted by molar-refractivity contribution is 0.311. The SMILES string of the molecule is CCOc1cc(/C=N/NC(N)=S)ccc1OC. The topological polar surface area (TPSA) is 68.9 Å². The Morgan fingerprint density at radius 3 is 2.88 bits per heavy atom. The third-order valence-corrected chi connectivity index (χ3v) is 1.97. The fraction of sp³-hybridized carbons (Fsp3) is 0.273. The van der Waals surface area contributed by atoms with E-state index in [1.165, 1.54) is 0 Å². The summed E-state index contributed by atoms with van der Waals surface area (Å²) in [5, 5.41) is 3.99. The molecule has 5 nitrogen and oxygen atoms in total. The Hall–Kier alpha value is -1.82. The van der Waals surface area contributed by atoms with Gasteiger partial charge in [0.1, 0.15) is 0 Å². The van der Waals surface area contributed by atoms with Crippen molar-refractivity contribution in [2.45, 2.75) is 6.92 Å². The van der Waals surface area contributed by atoms with Crippen molar-refractivity contribution in [3.8, 4) is 11.5 Å². The van der Waals surface area contributed by atoms with E-state index in [4.69, 9.17) is 15.2 Å². The molecule has 0 radical (unpaired) electrons. The summed E-state index contributed by atoms with van der Waals surface area (Å²) in [7, 11) is 1.60. The summed E-state index contributed by atoms with van der Waals surface area (Å²) in [6.07, 6.45) is 1.60. The predicted molar refractivity (Wildman–Crippen MR) is 71.7 cm³/mol. The molecule has 0 fully saturated rings. The number of ether oxygens (including phenoxy) is 2. The van der Waals surface area contributed by atoms with Gasteiger partial charge in [-0.25, -0.2) is 0 Å². The van der Waals surface area contributed by atoms with Gasteiger partial charge in [-0.15, -0.1) is 0 Å². The lowest BCUT2D eigenvalue weighted by Gasteiger charge is -2.09. The van der Waals surface area contributed by atoms with E-state index in [1.54, 1.807) is 13.3 Å². The van der Waals surface area contributed by atoms with Gasteiger partial charge < -0.3 is 15.2 Å². The van der Waals surface area contributed by atoms with Gasteiger partial charge in [0.25, 0.3) is 0 Å². The summed E-state index contributed by atoms with van der Waals surface area (Å²) in [6.45, 7) is 2.48. The molecule has 0 bridgehead atoms. The van der Waals surface area contributed by atoms with Gasteiger partial charge in [0, 0.05) is 0 Å². The van der Waals surface area contributed by atoms with Crippen LogP contribution in [0.5, 0.6) is 11.5 Å². The monoisotopic (exact) mass is 253 g/mol. The highest BCUT2D eigenvalue weighted by Gasteiger charge is 2.03. The van der Waals surface area contributed by atoms with Gasteiger partial charge in [-0.05, 0) is 42.9 Å². The first-order valence-electron chi connectivity index (χ1n) is 5.06. The highest BCUT2D eigenvalue weighted by Crippen LogP contribution is 2.27. The van der Waals surface area contributed by atoms with Crippen LogP contribution in [0.4, 0.5) is 0 Å². The first-order chi connectivity index (χ1) is 8.17. The fourth-order valence-electron chi connectivity index (χ4n) is 1.21. The summed E-state index contributed by atoms with van der Waals surface area (Å²) >= 11 is 4.63. The fourth-order valence-corrected chi connectivity index (χ4v) is 1.27. The second kappa shape index (κ2) is 6.70. The van der Waals surface area contributed by atoms with E-state index >= 15 is 0 Å². The molecule has 0 saturated heterocycles. The van der Waals surface area contributed by atoms with Crippen LogP contribution in [-0.2, 0) is 0 Å². The molecule has 3 N–H and O–H groups in total. The van der Waals surface area contributed by atoms with Crippen molar-refractivity contribution in [1.82, 2.24) is 5.43 Å². The van der Waals surface area contributed by atoms with Crippen LogP contribution in [-0.4, -0.2) is 25.0 Å². The molecule has 1 aromatic carbocycles. The zero-order valence-electron chi connectivity index (χ0n) is 9.77. The minimum absolute atomic E-state index is 0.125. The molecule has 0 amide bonds. The van der Waals surface area contributed by atoms with Crippen molar-refractivity contribution in [3.63, 3.8) is 0 Å². The highest BCUT2D eigenvalue weighted by atomic mass is 32.1. The van der Waals surface area contributed by atoms with E-state index in [2.05, 4.69) is 22.7 Å². The molecular formula is C11H15N3O2S. The lowest BCUT2D eigenvalue weighted by Crippen LogP contribution is -2.23. The number of benzene rings is 1. The maximum absolute atomic E-state index is 5.44. The molecule has 1 rings (SSSR count). The van der Waals surface area contributed by atoms with E-state index in [0.29, 0.717) is 18.1 Å². The maximum Gasteiger partial charge on any atom is 0.184 e. The standard InChI is InChI=1S/C11H15N3O2S/c1-3-16-10-6-8(4-5-9(10)15-2)7-13-14-11(12)17/h4-7H,3H2,1-2H3,(H3,12,14,17)/b13-7+. The number of rotatable bonds is 5. The minimum atomic E-state index is 0.125. The van der Waals surface area contributed by atoms with Crippen LogP contribution >= 0.6 is 12.2 Å². The molecule has 0 aliphatic rings. The van der Waals surface area contributed by atoms with Crippen LogP contribution < -0.4 is 20.6 Å². The molecule has 0 aliphatic heterocycles. The molecule has 0 saturated carbocycles. The van der Waals surface area contributed by atoms with Crippen molar-refractivity contribution in [3.05, 3.63) is 23.8 Å². The van der Waals surface area contributed by atoms with Crippen LogP contribution in [0, 0.1) is 0 Å². The van der Waals surface area contributed by atoms with Crippen LogP contribution in [0.2, 0.25) is 0 Å². The van der Waals surface area contributed by atoms with Crippen LogP contribution in [0.3, 0.4) is 0 Å². The summed E-state index contributed by atoms with van der Waals surface area (Å²) in [4.78, 5) is 0. The van der Waals surface area contributed by atoms with Gasteiger partial charge in [-0.1, -0.05) is 0 Å². The number of nitrogens with zero attached hydrogens (tertiary/aromatic N) is 1. The summed E-state index contributed by atoms with van der Waals surface area (Å²) < 4.78 is 10.6. The molecule has 92 valence electrons. The van der Waals surface area contributed by atoms with Crippen molar-refractivity contribution >= 4 is 23.5 Å². The Labute approximate surface area is 106 Å². The number of nitrogens with two attached hydrogens (primary N) is 1. The van der Waals surface area contributed by atoms with Crippen LogP contribution in [0.1, 0.15) is 12.5 Å². The second-order valence-electron chi connectivity index (χ2n) is 3.08. The third-order valence-electron chi connectivity index (χ3n) is 1.88. The van der Waals surface area contributed by atoms with E-state index in [9.17, 15) is 0 Å². The first-order valence-corrected chi connectivity index (χ1v) is 5.47. The smallest absolute Gasteiger partial charge is 0.184 e. The molecule has 0 aromatic heterocycles. The number of nitrogens with one attached hydrogen (secondary N) is 1. The Balaban J connectivity index is 2.84. The Morgan fingerprint density at radius 1 is 1.53 bits per heavy atom. The van der Waals surface area contributed by atoms with Crippen LogP contribution in [0.25, 0.3) is 0 Å².